The van der Waals surface area contributed by atoms with E-state index in [1.165, 1.54) is 14.2 Å². The molecule has 1 atom stereocenters. The van der Waals surface area contributed by atoms with E-state index in [0.29, 0.717) is 31.1 Å². The SMILES string of the molecule is C=CCOCCOc1ccccc1C(=O)N[C@@H](CC=C)C(=O)N(C)OC. The van der Waals surface area contributed by atoms with Crippen LogP contribution in [0.1, 0.15) is 16.8 Å². The lowest BCUT2D eigenvalue weighted by atomic mass is 10.1. The van der Waals surface area contributed by atoms with Crippen molar-refractivity contribution in [2.24, 2.45) is 0 Å². The van der Waals surface area contributed by atoms with Gasteiger partial charge in [0.1, 0.15) is 18.4 Å². The zero-order valence-electron chi connectivity index (χ0n) is 15.3. The minimum absolute atomic E-state index is 0.274. The normalized spacial score (nSPS) is 11.3. The first-order valence-corrected chi connectivity index (χ1v) is 8.19. The van der Waals surface area contributed by atoms with E-state index in [2.05, 4.69) is 18.5 Å². The van der Waals surface area contributed by atoms with E-state index >= 15 is 0 Å². The summed E-state index contributed by atoms with van der Waals surface area (Å²) in [6.07, 6.45) is 3.48. The molecule has 1 aromatic rings. The Morgan fingerprint density at radius 2 is 1.96 bits per heavy atom. The van der Waals surface area contributed by atoms with Crippen LogP contribution in [0.4, 0.5) is 0 Å². The fraction of sp³-hybridized carbons (Fsp3) is 0.368. The van der Waals surface area contributed by atoms with Crippen LogP contribution >= 0.6 is 0 Å². The van der Waals surface area contributed by atoms with E-state index in [4.69, 9.17) is 14.3 Å². The van der Waals surface area contributed by atoms with Crippen molar-refractivity contribution in [3.05, 3.63) is 55.1 Å². The van der Waals surface area contributed by atoms with Crippen LogP contribution < -0.4 is 10.1 Å². The van der Waals surface area contributed by atoms with Crippen LogP contribution in [-0.2, 0) is 14.4 Å². The Bertz CT molecular complexity index is 618. The van der Waals surface area contributed by atoms with Crippen molar-refractivity contribution in [2.45, 2.75) is 12.5 Å². The second kappa shape index (κ2) is 11.8. The Kier molecular flexibility index (Phi) is 9.74. The Balaban J connectivity index is 2.79. The zero-order valence-corrected chi connectivity index (χ0v) is 15.3. The minimum Gasteiger partial charge on any atom is -0.490 e. The Hall–Kier alpha value is -2.64. The van der Waals surface area contributed by atoms with Gasteiger partial charge in [-0.2, -0.15) is 0 Å². The first kappa shape index (κ1) is 21.4. The van der Waals surface area contributed by atoms with Crippen molar-refractivity contribution in [1.29, 1.82) is 0 Å². The number of hydroxylamine groups is 2. The molecule has 0 saturated carbocycles. The molecule has 7 nitrogen and oxygen atoms in total. The number of nitrogens with zero attached hydrogens (tertiary/aromatic N) is 1. The monoisotopic (exact) mass is 362 g/mol. The van der Waals surface area contributed by atoms with Crippen molar-refractivity contribution < 1.29 is 23.9 Å². The summed E-state index contributed by atoms with van der Waals surface area (Å²) in [4.78, 5) is 29.8. The molecule has 1 N–H and O–H groups in total. The number of nitrogens with one attached hydrogen (secondary N) is 1. The van der Waals surface area contributed by atoms with Crippen molar-refractivity contribution in [2.75, 3.05) is 34.0 Å². The molecule has 1 rings (SSSR count). The number of carbonyl (C=O) groups excluding carboxylic acids is 2. The molecule has 7 heteroatoms. The van der Waals surface area contributed by atoms with Gasteiger partial charge in [-0.3, -0.25) is 14.4 Å². The molecule has 26 heavy (non-hydrogen) atoms. The van der Waals surface area contributed by atoms with Gasteiger partial charge in [-0.05, 0) is 18.6 Å². The average molecular weight is 362 g/mol. The van der Waals surface area contributed by atoms with E-state index in [1.54, 1.807) is 36.4 Å². The van der Waals surface area contributed by atoms with Gasteiger partial charge in [-0.15, -0.1) is 13.2 Å². The molecule has 0 heterocycles. The number of hydrogen-bond donors (Lipinski definition) is 1. The molecule has 0 bridgehead atoms. The standard InChI is InChI=1S/C19H26N2O5/c1-5-9-16(19(23)21(3)24-4)20-18(22)15-10-7-8-11-17(15)26-14-13-25-12-6-2/h5-8,10-11,16H,1-2,9,12-14H2,3-4H3,(H,20,22)/t16-/m0/s1. The second-order valence-corrected chi connectivity index (χ2v) is 5.28. The summed E-state index contributed by atoms with van der Waals surface area (Å²) >= 11 is 0. The Morgan fingerprint density at radius 3 is 2.62 bits per heavy atom. The molecule has 2 amide bonds. The summed E-state index contributed by atoms with van der Waals surface area (Å²) in [5.74, 6) is -0.383. The lowest BCUT2D eigenvalue weighted by Gasteiger charge is -2.22. The maximum atomic E-state index is 12.6. The molecule has 0 aromatic heterocycles. The molecule has 142 valence electrons. The maximum absolute atomic E-state index is 12.6. The number of para-hydroxylation sites is 1. The summed E-state index contributed by atoms with van der Waals surface area (Å²) in [7, 11) is 2.85. The van der Waals surface area contributed by atoms with Crippen LogP contribution in [0.15, 0.2) is 49.6 Å². The number of carbonyl (C=O) groups is 2. The van der Waals surface area contributed by atoms with Gasteiger partial charge in [0.25, 0.3) is 11.8 Å². The van der Waals surface area contributed by atoms with Crippen LogP contribution in [0.25, 0.3) is 0 Å². The molecule has 0 spiro atoms. The van der Waals surface area contributed by atoms with E-state index in [9.17, 15) is 9.59 Å². The number of rotatable bonds is 12. The fourth-order valence-corrected chi connectivity index (χ4v) is 2.09. The number of likely N-dealkylation sites (N-methyl/N-ethyl adjacent to an activating group) is 1. The minimum atomic E-state index is -0.783. The topological polar surface area (TPSA) is 77.1 Å². The van der Waals surface area contributed by atoms with Gasteiger partial charge in [-0.1, -0.05) is 24.3 Å². The van der Waals surface area contributed by atoms with Gasteiger partial charge in [0.05, 0.1) is 25.9 Å². The number of amides is 2. The molecule has 0 aliphatic carbocycles. The van der Waals surface area contributed by atoms with Crippen molar-refractivity contribution in [3.63, 3.8) is 0 Å². The Morgan fingerprint density at radius 1 is 1.23 bits per heavy atom. The summed E-state index contributed by atoms with van der Waals surface area (Å²) in [6.45, 7) is 8.28. The van der Waals surface area contributed by atoms with Crippen LogP contribution in [-0.4, -0.2) is 56.9 Å². The first-order chi connectivity index (χ1) is 12.5. The molecule has 0 aliphatic rings. The van der Waals surface area contributed by atoms with Gasteiger partial charge in [-0.25, -0.2) is 5.06 Å². The molecule has 0 saturated heterocycles. The van der Waals surface area contributed by atoms with Gasteiger partial charge < -0.3 is 14.8 Å². The molecule has 0 fully saturated rings. The van der Waals surface area contributed by atoms with Crippen molar-refractivity contribution in [1.82, 2.24) is 10.4 Å². The molecular formula is C19H26N2O5. The van der Waals surface area contributed by atoms with Crippen LogP contribution in [0.3, 0.4) is 0 Å². The lowest BCUT2D eigenvalue weighted by Crippen LogP contribution is -2.46. The molecule has 0 radical (unpaired) electrons. The molecule has 0 unspecified atom stereocenters. The summed E-state index contributed by atoms with van der Waals surface area (Å²) < 4.78 is 10.9. The quantitative estimate of drug-likeness (QED) is 0.349. The largest absolute Gasteiger partial charge is 0.490 e. The number of ether oxygens (including phenoxy) is 2. The van der Waals surface area contributed by atoms with E-state index in [1.807, 2.05) is 0 Å². The average Bonchev–Trinajstić information content (AvgIpc) is 2.66. The highest BCUT2D eigenvalue weighted by Crippen LogP contribution is 2.18. The highest BCUT2D eigenvalue weighted by molar-refractivity contribution is 5.99. The predicted molar refractivity (Wildman–Crippen MR) is 98.8 cm³/mol. The van der Waals surface area contributed by atoms with Crippen LogP contribution in [0, 0.1) is 0 Å². The smallest absolute Gasteiger partial charge is 0.268 e. The van der Waals surface area contributed by atoms with Gasteiger partial charge in [0.15, 0.2) is 0 Å². The van der Waals surface area contributed by atoms with E-state index < -0.39 is 11.9 Å². The molecule has 0 aliphatic heterocycles. The maximum Gasteiger partial charge on any atom is 0.268 e. The Labute approximate surface area is 154 Å². The van der Waals surface area contributed by atoms with Crippen molar-refractivity contribution in [3.8, 4) is 5.75 Å². The van der Waals surface area contributed by atoms with Crippen molar-refractivity contribution >= 4 is 11.8 Å². The predicted octanol–water partition coefficient (Wildman–Crippen LogP) is 1.96. The van der Waals surface area contributed by atoms with Gasteiger partial charge >= 0.3 is 0 Å². The zero-order chi connectivity index (χ0) is 19.4. The third-order valence-electron chi connectivity index (χ3n) is 3.44. The fourth-order valence-electron chi connectivity index (χ4n) is 2.09. The van der Waals surface area contributed by atoms with E-state index in [-0.39, 0.29) is 12.3 Å². The summed E-state index contributed by atoms with van der Waals surface area (Å²) in [6, 6.07) is 6.02. The highest BCUT2D eigenvalue weighted by atomic mass is 16.7. The van der Waals surface area contributed by atoms with Gasteiger partial charge in [0.2, 0.25) is 0 Å². The van der Waals surface area contributed by atoms with E-state index in [0.717, 1.165) is 5.06 Å². The highest BCUT2D eigenvalue weighted by Gasteiger charge is 2.24. The third-order valence-corrected chi connectivity index (χ3v) is 3.44. The molecule has 1 aromatic carbocycles. The number of hydrogen-bond acceptors (Lipinski definition) is 5. The summed E-state index contributed by atoms with van der Waals surface area (Å²) in [5.41, 5.74) is 0.332. The van der Waals surface area contributed by atoms with Gasteiger partial charge in [0, 0.05) is 7.05 Å². The summed E-state index contributed by atoms with van der Waals surface area (Å²) in [5, 5.41) is 3.76. The molecular weight excluding hydrogens is 336 g/mol. The second-order valence-electron chi connectivity index (χ2n) is 5.28. The lowest BCUT2D eigenvalue weighted by molar-refractivity contribution is -0.170. The first-order valence-electron chi connectivity index (χ1n) is 8.19. The number of benzene rings is 1. The third kappa shape index (κ3) is 6.70. The van der Waals surface area contributed by atoms with Crippen LogP contribution in [0.2, 0.25) is 0 Å². The van der Waals surface area contributed by atoms with Crippen LogP contribution in [0.5, 0.6) is 5.75 Å².